The summed E-state index contributed by atoms with van der Waals surface area (Å²) < 4.78 is 82.9. The molecule has 0 saturated heterocycles. The van der Waals surface area contributed by atoms with Crippen molar-refractivity contribution in [3.05, 3.63) is 64.9 Å². The quantitative estimate of drug-likeness (QED) is 0.494. The van der Waals surface area contributed by atoms with Crippen molar-refractivity contribution in [1.29, 1.82) is 0 Å². The zero-order chi connectivity index (χ0) is 27.9. The van der Waals surface area contributed by atoms with Gasteiger partial charge >= 0.3 is 0 Å². The first-order chi connectivity index (χ1) is 18.3. The number of halogens is 2. The van der Waals surface area contributed by atoms with Gasteiger partial charge in [0, 0.05) is 24.2 Å². The number of amidine groups is 1. The van der Waals surface area contributed by atoms with Gasteiger partial charge in [-0.05, 0) is 67.0 Å². The van der Waals surface area contributed by atoms with Crippen LogP contribution in [0.5, 0.6) is 0 Å². The lowest BCUT2D eigenvalue weighted by Crippen LogP contribution is -2.53. The van der Waals surface area contributed by atoms with Crippen LogP contribution in [0.1, 0.15) is 24.8 Å². The van der Waals surface area contributed by atoms with Crippen LogP contribution in [0.25, 0.3) is 0 Å². The first kappa shape index (κ1) is 25.7. The number of sulfonamides is 2. The highest BCUT2D eigenvalue weighted by Crippen LogP contribution is 2.55. The van der Waals surface area contributed by atoms with Gasteiger partial charge in [-0.15, -0.1) is 4.40 Å². The van der Waals surface area contributed by atoms with E-state index in [4.69, 9.17) is 0 Å². The number of carbonyl (C=O) groups excluding carboxylic acids is 1. The third-order valence-corrected chi connectivity index (χ3v) is 9.80. The molecule has 2 heterocycles. The lowest BCUT2D eigenvalue weighted by molar-refractivity contribution is -0.134. The van der Waals surface area contributed by atoms with E-state index in [0.29, 0.717) is 5.56 Å². The maximum absolute atomic E-state index is 14.0. The van der Waals surface area contributed by atoms with Crippen LogP contribution in [0.15, 0.2) is 57.0 Å². The molecule has 2 aliphatic heterocycles. The van der Waals surface area contributed by atoms with Crippen molar-refractivity contribution in [1.82, 2.24) is 4.90 Å². The maximum Gasteiger partial charge on any atom is 0.286 e. The van der Waals surface area contributed by atoms with Crippen LogP contribution in [-0.4, -0.2) is 50.9 Å². The zero-order valence-corrected chi connectivity index (χ0v) is 22.2. The standard InChI is InChI=1S/C25H24F2N4O6S2/c1-38(34,35)29-15-5-7-18-19(10-15)39(36,37)30-24(28-18)21-23(32)20-13-3-4-14(9-13)22(20)31(25(21)33)11-12-2-6-16(26)17(27)8-12/h2,5-8,10,13-14,20,22,29,32H,3-4,9,11H2,1H3,(H,28,30)/t13-,14+,20?,22?/m1/s1. The summed E-state index contributed by atoms with van der Waals surface area (Å²) in [5.41, 5.74) is 0.124. The second kappa shape index (κ2) is 8.74. The van der Waals surface area contributed by atoms with Crippen LogP contribution >= 0.6 is 0 Å². The van der Waals surface area contributed by atoms with Gasteiger partial charge in [-0.25, -0.2) is 17.2 Å². The Morgan fingerprint density at radius 3 is 2.59 bits per heavy atom. The van der Waals surface area contributed by atoms with Gasteiger partial charge in [-0.3, -0.25) is 9.52 Å². The van der Waals surface area contributed by atoms with E-state index in [-0.39, 0.29) is 57.9 Å². The third kappa shape index (κ3) is 4.35. The fraction of sp³-hybridized carbons (Fsp3) is 0.360. The van der Waals surface area contributed by atoms with E-state index in [2.05, 4.69) is 14.4 Å². The zero-order valence-electron chi connectivity index (χ0n) is 20.6. The molecule has 2 aromatic carbocycles. The highest BCUT2D eigenvalue weighted by atomic mass is 32.2. The van der Waals surface area contributed by atoms with Crippen molar-refractivity contribution in [3.63, 3.8) is 0 Å². The minimum Gasteiger partial charge on any atom is -0.511 e. The minimum absolute atomic E-state index is 0.0126. The van der Waals surface area contributed by atoms with E-state index >= 15 is 0 Å². The number of aliphatic hydroxyl groups excluding tert-OH is 1. The molecule has 2 bridgehead atoms. The second-order valence-corrected chi connectivity index (χ2v) is 13.7. The van der Waals surface area contributed by atoms with Gasteiger partial charge in [0.25, 0.3) is 15.9 Å². The van der Waals surface area contributed by atoms with E-state index in [0.717, 1.165) is 43.7 Å². The van der Waals surface area contributed by atoms with Gasteiger partial charge in [0.15, 0.2) is 17.5 Å². The number of amides is 1. The Bertz CT molecular complexity index is 1710. The number of anilines is 2. The molecular formula is C25H24F2N4O6S2. The third-order valence-electron chi connectivity index (χ3n) is 7.88. The largest absolute Gasteiger partial charge is 0.511 e. The molecule has 2 aromatic rings. The number of nitrogens with one attached hydrogen (secondary N) is 2. The van der Waals surface area contributed by atoms with E-state index in [9.17, 15) is 35.5 Å². The Morgan fingerprint density at radius 1 is 1.13 bits per heavy atom. The molecular weight excluding hydrogens is 554 g/mol. The summed E-state index contributed by atoms with van der Waals surface area (Å²) in [6, 6.07) is 6.80. The maximum atomic E-state index is 14.0. The van der Waals surface area contributed by atoms with Crippen LogP contribution < -0.4 is 10.0 Å². The summed E-state index contributed by atoms with van der Waals surface area (Å²) in [4.78, 5) is 15.1. The predicted molar refractivity (Wildman–Crippen MR) is 138 cm³/mol. The van der Waals surface area contributed by atoms with Gasteiger partial charge in [-0.1, -0.05) is 6.07 Å². The topological polar surface area (TPSA) is 145 Å². The molecule has 1 amide bonds. The molecule has 14 heteroatoms. The minimum atomic E-state index is -4.40. The number of carbonyl (C=O) groups is 1. The normalized spacial score (nSPS) is 27.1. The van der Waals surface area contributed by atoms with Crippen LogP contribution in [0.4, 0.5) is 20.2 Å². The molecule has 0 spiro atoms. The number of benzene rings is 2. The molecule has 2 aliphatic carbocycles. The second-order valence-electron chi connectivity index (χ2n) is 10.4. The van der Waals surface area contributed by atoms with Gasteiger partial charge in [0.05, 0.1) is 11.9 Å². The molecule has 4 atom stereocenters. The lowest BCUT2D eigenvalue weighted by atomic mass is 9.77. The molecule has 0 aromatic heterocycles. The number of nitrogens with zero attached hydrogens (tertiary/aromatic N) is 2. The summed E-state index contributed by atoms with van der Waals surface area (Å²) in [5, 5.41) is 14.2. The smallest absolute Gasteiger partial charge is 0.286 e. The average Bonchev–Trinajstić information content (AvgIpc) is 3.46. The van der Waals surface area contributed by atoms with Crippen molar-refractivity contribution in [2.75, 3.05) is 16.3 Å². The molecule has 39 heavy (non-hydrogen) atoms. The lowest BCUT2D eigenvalue weighted by Gasteiger charge is -2.44. The Morgan fingerprint density at radius 2 is 1.87 bits per heavy atom. The van der Waals surface area contributed by atoms with E-state index in [1.807, 2.05) is 0 Å². The van der Waals surface area contributed by atoms with Crippen LogP contribution in [-0.2, 0) is 31.4 Å². The van der Waals surface area contributed by atoms with Gasteiger partial charge in [0.1, 0.15) is 16.2 Å². The van der Waals surface area contributed by atoms with Crippen molar-refractivity contribution < 1.29 is 35.5 Å². The fourth-order valence-electron chi connectivity index (χ4n) is 6.43. The van der Waals surface area contributed by atoms with Gasteiger partial charge in [-0.2, -0.15) is 8.42 Å². The fourth-order valence-corrected chi connectivity index (χ4v) is 8.13. The first-order valence-corrected chi connectivity index (χ1v) is 15.6. The average molecular weight is 579 g/mol. The molecule has 3 N–H and O–H groups in total. The molecule has 2 unspecified atom stereocenters. The van der Waals surface area contributed by atoms with Crippen LogP contribution in [0.3, 0.4) is 0 Å². The van der Waals surface area contributed by atoms with Crippen molar-refractivity contribution >= 4 is 43.2 Å². The monoisotopic (exact) mass is 578 g/mol. The first-order valence-electron chi connectivity index (χ1n) is 12.2. The number of fused-ring (bicyclic) bond motifs is 6. The summed E-state index contributed by atoms with van der Waals surface area (Å²) in [7, 11) is -8.07. The highest BCUT2D eigenvalue weighted by Gasteiger charge is 2.57. The van der Waals surface area contributed by atoms with E-state index in [1.54, 1.807) is 0 Å². The SMILES string of the molecule is CS(=O)(=O)Nc1ccc2c(c1)S(=O)(=O)N=C(C1=C(O)C3C([C@H]4CC[C@@H]3C4)N(Cc3ccc(F)c(F)c3)C1=O)N2. The summed E-state index contributed by atoms with van der Waals surface area (Å²) in [5.74, 6) is -3.59. The number of hydrogen-bond acceptors (Lipinski definition) is 7. The number of hydrogen-bond donors (Lipinski definition) is 3. The van der Waals surface area contributed by atoms with Gasteiger partial charge < -0.3 is 15.3 Å². The van der Waals surface area contributed by atoms with Crippen LogP contribution in [0.2, 0.25) is 0 Å². The highest BCUT2D eigenvalue weighted by molar-refractivity contribution is 7.92. The molecule has 2 saturated carbocycles. The Labute approximate surface area is 223 Å². The molecule has 2 fully saturated rings. The van der Waals surface area contributed by atoms with Crippen LogP contribution in [0, 0.1) is 29.4 Å². The summed E-state index contributed by atoms with van der Waals surface area (Å²) in [6.07, 6.45) is 3.41. The molecule has 4 aliphatic rings. The predicted octanol–water partition coefficient (Wildman–Crippen LogP) is 3.12. The van der Waals surface area contributed by atoms with Gasteiger partial charge in [0.2, 0.25) is 10.0 Å². The molecule has 206 valence electrons. The van der Waals surface area contributed by atoms with E-state index in [1.165, 1.54) is 23.1 Å². The van der Waals surface area contributed by atoms with Crippen molar-refractivity contribution in [2.24, 2.45) is 22.2 Å². The molecule has 0 radical (unpaired) electrons. The Hall–Kier alpha value is -3.52. The summed E-state index contributed by atoms with van der Waals surface area (Å²) >= 11 is 0. The number of aliphatic hydroxyl groups is 1. The number of rotatable bonds is 5. The summed E-state index contributed by atoms with van der Waals surface area (Å²) in [6.45, 7) is -0.0612. The molecule has 10 nitrogen and oxygen atoms in total. The van der Waals surface area contributed by atoms with Crippen molar-refractivity contribution in [3.8, 4) is 0 Å². The Kier molecular flexibility index (Phi) is 5.77. The van der Waals surface area contributed by atoms with Crippen molar-refractivity contribution in [2.45, 2.75) is 36.7 Å². The molecule has 6 rings (SSSR count). The van der Waals surface area contributed by atoms with E-state index < -0.39 is 43.5 Å². The Balaban J connectivity index is 1.41.